The Bertz CT molecular complexity index is 615. The van der Waals surface area contributed by atoms with Crippen LogP contribution in [0.1, 0.15) is 50.5 Å². The Kier molecular flexibility index (Phi) is 7.51. The first-order chi connectivity index (χ1) is 12.1. The highest BCUT2D eigenvalue weighted by atomic mass is 16.6. The zero-order valence-corrected chi connectivity index (χ0v) is 15.0. The summed E-state index contributed by atoms with van der Waals surface area (Å²) in [6, 6.07) is 5.14. The molecule has 25 heavy (non-hydrogen) atoms. The van der Waals surface area contributed by atoms with Crippen LogP contribution in [-0.2, 0) is 14.3 Å². The number of hydrogen-bond donors (Lipinski definition) is 0. The summed E-state index contributed by atoms with van der Waals surface area (Å²) in [4.78, 5) is 23.3. The van der Waals surface area contributed by atoms with Gasteiger partial charge in [-0.3, -0.25) is 4.79 Å². The lowest BCUT2D eigenvalue weighted by Gasteiger charge is -2.20. The van der Waals surface area contributed by atoms with Crippen molar-refractivity contribution in [2.24, 2.45) is 5.92 Å². The van der Waals surface area contributed by atoms with E-state index in [9.17, 15) is 9.59 Å². The zero-order valence-electron chi connectivity index (χ0n) is 15.0. The fourth-order valence-electron chi connectivity index (χ4n) is 3.08. The number of ether oxygens (including phenoxy) is 3. The van der Waals surface area contributed by atoms with Gasteiger partial charge in [-0.15, -0.1) is 0 Å². The summed E-state index contributed by atoms with van der Waals surface area (Å²) in [5.74, 6) is 0.831. The molecule has 1 aliphatic carbocycles. The summed E-state index contributed by atoms with van der Waals surface area (Å²) in [7, 11) is 2.84. The quantitative estimate of drug-likeness (QED) is 0.422. The summed E-state index contributed by atoms with van der Waals surface area (Å²) in [5.41, 5.74) is 0.754. The summed E-state index contributed by atoms with van der Waals surface area (Å²) in [6.45, 7) is 0. The minimum absolute atomic E-state index is 0.235. The predicted octanol–water partition coefficient (Wildman–Crippen LogP) is 4.15. The smallest absolute Gasteiger partial charge is 0.330 e. The summed E-state index contributed by atoms with van der Waals surface area (Å²) >= 11 is 0. The average molecular weight is 346 g/mol. The number of hydrogen-bond acceptors (Lipinski definition) is 5. The van der Waals surface area contributed by atoms with Gasteiger partial charge in [-0.05, 0) is 36.1 Å². The Labute approximate surface area is 149 Å². The van der Waals surface area contributed by atoms with Gasteiger partial charge >= 0.3 is 11.9 Å². The number of methoxy groups -OCH3 is 2. The molecule has 2 rings (SSSR count). The van der Waals surface area contributed by atoms with Crippen LogP contribution in [0, 0.1) is 5.92 Å². The van der Waals surface area contributed by atoms with E-state index >= 15 is 0 Å². The molecule has 0 saturated heterocycles. The normalized spacial score (nSPS) is 15.1. The number of benzene rings is 1. The van der Waals surface area contributed by atoms with Crippen LogP contribution >= 0.6 is 0 Å². The molecule has 0 bridgehead atoms. The van der Waals surface area contributed by atoms with Crippen LogP contribution in [0.25, 0.3) is 6.08 Å². The molecule has 0 aliphatic heterocycles. The van der Waals surface area contributed by atoms with Gasteiger partial charge in [0.25, 0.3) is 0 Å². The molecule has 1 fully saturated rings. The largest absolute Gasteiger partial charge is 0.493 e. The zero-order chi connectivity index (χ0) is 18.1. The van der Waals surface area contributed by atoms with Crippen LogP contribution in [0.5, 0.6) is 11.5 Å². The molecule has 0 heterocycles. The molecular formula is C20H26O5. The fourth-order valence-corrected chi connectivity index (χ4v) is 3.08. The van der Waals surface area contributed by atoms with Crippen molar-refractivity contribution in [3.05, 3.63) is 29.8 Å². The van der Waals surface area contributed by atoms with E-state index in [-0.39, 0.29) is 5.97 Å². The van der Waals surface area contributed by atoms with Gasteiger partial charge in [-0.2, -0.15) is 0 Å². The molecule has 1 aromatic carbocycles. The maximum absolute atomic E-state index is 12.1. The van der Waals surface area contributed by atoms with Gasteiger partial charge in [-0.1, -0.05) is 38.2 Å². The Balaban J connectivity index is 1.92. The lowest BCUT2D eigenvalue weighted by molar-refractivity contribution is -0.135. The third-order valence-corrected chi connectivity index (χ3v) is 4.51. The molecule has 0 atom stereocenters. The van der Waals surface area contributed by atoms with Gasteiger partial charge in [0.2, 0.25) is 0 Å². The van der Waals surface area contributed by atoms with Gasteiger partial charge in [0.1, 0.15) is 0 Å². The Morgan fingerprint density at radius 2 is 1.88 bits per heavy atom. The van der Waals surface area contributed by atoms with E-state index in [4.69, 9.17) is 9.47 Å². The first kappa shape index (κ1) is 19.0. The van der Waals surface area contributed by atoms with Crippen LogP contribution < -0.4 is 9.47 Å². The van der Waals surface area contributed by atoms with Crippen molar-refractivity contribution in [1.82, 2.24) is 0 Å². The van der Waals surface area contributed by atoms with Gasteiger partial charge in [-0.25, -0.2) is 4.79 Å². The summed E-state index contributed by atoms with van der Waals surface area (Å²) in [6.07, 6.45) is 10.6. The second kappa shape index (κ2) is 9.87. The first-order valence-corrected chi connectivity index (χ1v) is 8.77. The van der Waals surface area contributed by atoms with Gasteiger partial charge in [0, 0.05) is 12.5 Å². The highest BCUT2D eigenvalue weighted by Gasteiger charge is 2.16. The van der Waals surface area contributed by atoms with E-state index in [2.05, 4.69) is 4.74 Å². The predicted molar refractivity (Wildman–Crippen MR) is 95.5 cm³/mol. The van der Waals surface area contributed by atoms with Crippen molar-refractivity contribution in [2.75, 3.05) is 14.2 Å². The van der Waals surface area contributed by atoms with Crippen molar-refractivity contribution in [1.29, 1.82) is 0 Å². The molecule has 1 saturated carbocycles. The second-order valence-electron chi connectivity index (χ2n) is 6.28. The van der Waals surface area contributed by atoms with E-state index < -0.39 is 5.97 Å². The lowest BCUT2D eigenvalue weighted by Crippen LogP contribution is -2.13. The van der Waals surface area contributed by atoms with E-state index in [1.165, 1.54) is 52.4 Å². The third-order valence-electron chi connectivity index (χ3n) is 4.51. The Morgan fingerprint density at radius 1 is 1.12 bits per heavy atom. The van der Waals surface area contributed by atoms with E-state index in [0.717, 1.165) is 12.0 Å². The van der Waals surface area contributed by atoms with Crippen LogP contribution in [0.3, 0.4) is 0 Å². The second-order valence-corrected chi connectivity index (χ2v) is 6.28. The molecule has 136 valence electrons. The van der Waals surface area contributed by atoms with Crippen molar-refractivity contribution in [2.45, 2.75) is 44.9 Å². The highest BCUT2D eigenvalue weighted by molar-refractivity contribution is 5.87. The van der Waals surface area contributed by atoms with Crippen molar-refractivity contribution in [3.8, 4) is 11.5 Å². The molecule has 1 aromatic rings. The number of carbonyl (C=O) groups excluding carboxylic acids is 2. The third kappa shape index (κ3) is 6.25. The lowest BCUT2D eigenvalue weighted by atomic mass is 9.86. The number of rotatable bonds is 7. The van der Waals surface area contributed by atoms with Gasteiger partial charge in [0.15, 0.2) is 11.5 Å². The standard InChI is InChI=1S/C20H26O5/c1-23-18-14-16(10-12-19(21)24-2)8-11-17(18)25-20(22)13-9-15-6-4-3-5-7-15/h8,10-12,14-15H,3-7,9,13H2,1-2H3/b12-10+. The molecule has 0 amide bonds. The van der Waals surface area contributed by atoms with Crippen LogP contribution in [0.4, 0.5) is 0 Å². The molecular weight excluding hydrogens is 320 g/mol. The fraction of sp³-hybridized carbons (Fsp3) is 0.500. The number of carbonyl (C=O) groups is 2. The van der Waals surface area contributed by atoms with E-state index in [1.54, 1.807) is 24.3 Å². The maximum atomic E-state index is 12.1. The van der Waals surface area contributed by atoms with Crippen molar-refractivity contribution >= 4 is 18.0 Å². The minimum atomic E-state index is -0.433. The van der Waals surface area contributed by atoms with Crippen molar-refractivity contribution in [3.63, 3.8) is 0 Å². The molecule has 5 nitrogen and oxygen atoms in total. The highest BCUT2D eigenvalue weighted by Crippen LogP contribution is 2.30. The average Bonchev–Trinajstić information content (AvgIpc) is 2.66. The SMILES string of the molecule is COC(=O)/C=C/c1ccc(OC(=O)CCC2CCCCC2)c(OC)c1. The van der Waals surface area contributed by atoms with E-state index in [0.29, 0.717) is 23.8 Å². The van der Waals surface area contributed by atoms with Crippen LogP contribution in [0.15, 0.2) is 24.3 Å². The first-order valence-electron chi connectivity index (χ1n) is 8.77. The minimum Gasteiger partial charge on any atom is -0.493 e. The van der Waals surface area contributed by atoms with Crippen LogP contribution in [0.2, 0.25) is 0 Å². The Hall–Kier alpha value is -2.30. The van der Waals surface area contributed by atoms with Gasteiger partial charge in [0.05, 0.1) is 14.2 Å². The number of esters is 2. The topological polar surface area (TPSA) is 61.8 Å². The molecule has 0 unspecified atom stereocenters. The monoisotopic (exact) mass is 346 g/mol. The van der Waals surface area contributed by atoms with Crippen LogP contribution in [-0.4, -0.2) is 26.2 Å². The Morgan fingerprint density at radius 3 is 2.56 bits per heavy atom. The molecule has 0 radical (unpaired) electrons. The molecule has 0 N–H and O–H groups in total. The molecule has 0 spiro atoms. The molecule has 5 heteroatoms. The van der Waals surface area contributed by atoms with Crippen molar-refractivity contribution < 1.29 is 23.8 Å². The molecule has 0 aromatic heterocycles. The summed E-state index contributed by atoms with van der Waals surface area (Å²) < 4.78 is 15.3. The van der Waals surface area contributed by atoms with Gasteiger partial charge < -0.3 is 14.2 Å². The maximum Gasteiger partial charge on any atom is 0.330 e. The summed E-state index contributed by atoms with van der Waals surface area (Å²) in [5, 5.41) is 0. The van der Waals surface area contributed by atoms with E-state index in [1.807, 2.05) is 0 Å². The molecule has 1 aliphatic rings.